The molecular formula is C30H37F3N6O2. The van der Waals surface area contributed by atoms with Crippen LogP contribution in [0.3, 0.4) is 0 Å². The smallest absolute Gasteiger partial charge is 0.301 e. The van der Waals surface area contributed by atoms with E-state index in [0.717, 1.165) is 11.6 Å². The van der Waals surface area contributed by atoms with E-state index in [1.807, 2.05) is 32.7 Å². The number of carbonyl (C=O) groups is 1. The second kappa shape index (κ2) is 13.0. The van der Waals surface area contributed by atoms with Crippen molar-refractivity contribution in [1.29, 1.82) is 0 Å². The fourth-order valence-corrected chi connectivity index (χ4v) is 4.13. The van der Waals surface area contributed by atoms with E-state index < -0.39 is 24.1 Å². The third kappa shape index (κ3) is 7.56. The van der Waals surface area contributed by atoms with Gasteiger partial charge >= 0.3 is 5.92 Å². The number of amides is 1. The third-order valence-corrected chi connectivity index (χ3v) is 6.95. The molecule has 0 unspecified atom stereocenters. The summed E-state index contributed by atoms with van der Waals surface area (Å²) in [4.78, 5) is 19.3. The van der Waals surface area contributed by atoms with Gasteiger partial charge in [0, 0.05) is 47.4 Å². The highest BCUT2D eigenvalue weighted by molar-refractivity contribution is 6.05. The largest absolute Gasteiger partial charge is 0.495 e. The molecule has 0 saturated heterocycles. The van der Waals surface area contributed by atoms with Gasteiger partial charge in [-0.1, -0.05) is 6.07 Å². The Labute approximate surface area is 238 Å². The van der Waals surface area contributed by atoms with Crippen molar-refractivity contribution in [3.63, 3.8) is 0 Å². The average Bonchev–Trinajstić information content (AvgIpc) is 2.94. The number of nitrogens with one attached hydrogen (secondary N) is 1. The molecule has 3 rings (SSSR count). The number of nitrogens with two attached hydrogens (primary N) is 2. The molecule has 0 aliphatic carbocycles. The van der Waals surface area contributed by atoms with Gasteiger partial charge in [-0.2, -0.15) is 8.78 Å². The summed E-state index contributed by atoms with van der Waals surface area (Å²) in [6.07, 6.45) is 4.60. The van der Waals surface area contributed by atoms with Crippen molar-refractivity contribution in [2.45, 2.75) is 46.2 Å². The Kier molecular flexibility index (Phi) is 10.0. The summed E-state index contributed by atoms with van der Waals surface area (Å²) in [5, 5.41) is 3.98. The van der Waals surface area contributed by atoms with E-state index in [9.17, 15) is 18.0 Å². The Hall–Kier alpha value is -4.09. The molecule has 0 aliphatic heterocycles. The first-order chi connectivity index (χ1) is 19.3. The predicted molar refractivity (Wildman–Crippen MR) is 156 cm³/mol. The van der Waals surface area contributed by atoms with Crippen LogP contribution >= 0.6 is 0 Å². The zero-order valence-electron chi connectivity index (χ0n) is 24.1. The fourth-order valence-electron chi connectivity index (χ4n) is 4.13. The highest BCUT2D eigenvalue weighted by Gasteiger charge is 2.34. The van der Waals surface area contributed by atoms with Crippen molar-refractivity contribution in [3.05, 3.63) is 88.4 Å². The number of carbonyl (C=O) groups excluding carboxylic acids is 1. The first-order valence-corrected chi connectivity index (χ1v) is 13.0. The van der Waals surface area contributed by atoms with Gasteiger partial charge in [-0.25, -0.2) is 10.2 Å². The fraction of sp³-hybridized carbons (Fsp3) is 0.333. The number of nitrogens with zero attached hydrogens (tertiary/aromatic N) is 3. The van der Waals surface area contributed by atoms with Crippen LogP contribution in [0.25, 0.3) is 5.70 Å². The molecule has 11 heteroatoms. The molecule has 0 radical (unpaired) electrons. The number of ether oxygens (including phenoxy) is 1. The van der Waals surface area contributed by atoms with Crippen molar-refractivity contribution in [3.8, 4) is 5.75 Å². The number of pyridine rings is 1. The Morgan fingerprint density at radius 1 is 1.15 bits per heavy atom. The topological polar surface area (TPSA) is 110 Å². The molecule has 8 nitrogen and oxygen atoms in total. The second-order valence-corrected chi connectivity index (χ2v) is 10.2. The summed E-state index contributed by atoms with van der Waals surface area (Å²) in [7, 11) is 3.38. The van der Waals surface area contributed by atoms with Crippen molar-refractivity contribution in [2.24, 2.45) is 11.6 Å². The van der Waals surface area contributed by atoms with Gasteiger partial charge in [-0.3, -0.25) is 19.7 Å². The van der Waals surface area contributed by atoms with E-state index in [2.05, 4.69) is 10.3 Å². The number of aromatic nitrogens is 1. The van der Waals surface area contributed by atoms with Crippen LogP contribution in [-0.2, 0) is 12.5 Å². The van der Waals surface area contributed by atoms with Crippen LogP contribution in [0.1, 0.15) is 52.0 Å². The number of halogens is 3. The van der Waals surface area contributed by atoms with Gasteiger partial charge in [0.05, 0.1) is 24.7 Å². The van der Waals surface area contributed by atoms with Crippen LogP contribution in [0.4, 0.5) is 24.5 Å². The van der Waals surface area contributed by atoms with Crippen LogP contribution < -0.4 is 26.6 Å². The maximum Gasteiger partial charge on any atom is 0.301 e. The molecular weight excluding hydrogens is 533 g/mol. The van der Waals surface area contributed by atoms with Gasteiger partial charge in [0.1, 0.15) is 5.75 Å². The molecule has 0 aliphatic rings. The number of aryl methyl sites for hydroxylation is 1. The van der Waals surface area contributed by atoms with Crippen molar-refractivity contribution >= 4 is 23.0 Å². The van der Waals surface area contributed by atoms with Gasteiger partial charge in [0.25, 0.3) is 5.91 Å². The summed E-state index contributed by atoms with van der Waals surface area (Å²) in [5.41, 5.74) is 9.12. The van der Waals surface area contributed by atoms with E-state index in [4.69, 9.17) is 16.3 Å². The Balaban J connectivity index is 1.93. The SMILES string of the molecule is COc1cncc(/C(N)=C/N(N)c2cc(C(=O)Nc3cc(CN(C)C(C)C)c(C)c(C(F)(F)CF)c3)ccc2C)c1. The number of hydrazine groups is 1. The summed E-state index contributed by atoms with van der Waals surface area (Å²) in [6, 6.07) is 9.49. The Bertz CT molecular complexity index is 1430. The minimum absolute atomic E-state index is 0.136. The van der Waals surface area contributed by atoms with Gasteiger partial charge in [-0.15, -0.1) is 0 Å². The van der Waals surface area contributed by atoms with Crippen LogP contribution in [0, 0.1) is 13.8 Å². The van der Waals surface area contributed by atoms with Crippen LogP contribution in [0.5, 0.6) is 5.75 Å². The molecule has 1 amide bonds. The minimum atomic E-state index is -3.70. The zero-order chi connectivity index (χ0) is 30.5. The number of methoxy groups -OCH3 is 1. The maximum atomic E-state index is 14.6. The summed E-state index contributed by atoms with van der Waals surface area (Å²) in [6.45, 7) is 5.80. The van der Waals surface area contributed by atoms with Crippen molar-refractivity contribution in [2.75, 3.05) is 31.2 Å². The average molecular weight is 571 g/mol. The highest BCUT2D eigenvalue weighted by Crippen LogP contribution is 2.35. The molecule has 5 N–H and O–H groups in total. The molecule has 1 heterocycles. The first kappa shape index (κ1) is 31.4. The van der Waals surface area contributed by atoms with Crippen LogP contribution in [0.2, 0.25) is 0 Å². The van der Waals surface area contributed by atoms with E-state index in [1.165, 1.54) is 25.2 Å². The van der Waals surface area contributed by atoms with E-state index in [0.29, 0.717) is 34.8 Å². The lowest BCUT2D eigenvalue weighted by molar-refractivity contribution is -0.0287. The second-order valence-electron chi connectivity index (χ2n) is 10.2. The number of rotatable bonds is 11. The number of alkyl halides is 3. The number of anilines is 2. The number of hydrogen-bond acceptors (Lipinski definition) is 7. The molecule has 0 atom stereocenters. The number of hydrogen-bond donors (Lipinski definition) is 3. The lowest BCUT2D eigenvalue weighted by Gasteiger charge is -2.25. The van der Waals surface area contributed by atoms with Gasteiger partial charge < -0.3 is 15.8 Å². The van der Waals surface area contributed by atoms with Crippen molar-refractivity contribution in [1.82, 2.24) is 9.88 Å². The lowest BCUT2D eigenvalue weighted by atomic mass is 9.96. The summed E-state index contributed by atoms with van der Waals surface area (Å²) >= 11 is 0. The maximum absolute atomic E-state index is 14.6. The summed E-state index contributed by atoms with van der Waals surface area (Å²) < 4.78 is 47.6. The highest BCUT2D eigenvalue weighted by atomic mass is 19.3. The normalized spacial score (nSPS) is 12.1. The molecule has 0 saturated carbocycles. The van der Waals surface area contributed by atoms with Gasteiger partial charge in [0.15, 0.2) is 6.67 Å². The lowest BCUT2D eigenvalue weighted by Crippen LogP contribution is -2.27. The molecule has 0 spiro atoms. The molecule has 0 bridgehead atoms. The molecule has 3 aromatic rings. The third-order valence-electron chi connectivity index (χ3n) is 6.95. The van der Waals surface area contributed by atoms with Crippen LogP contribution in [0.15, 0.2) is 55.0 Å². The molecule has 0 fully saturated rings. The van der Waals surface area contributed by atoms with E-state index >= 15 is 0 Å². The van der Waals surface area contributed by atoms with Gasteiger partial charge in [-0.05, 0) is 81.8 Å². The molecule has 220 valence electrons. The Morgan fingerprint density at radius 2 is 1.85 bits per heavy atom. The van der Waals surface area contributed by atoms with E-state index in [-0.39, 0.29) is 22.9 Å². The predicted octanol–water partition coefficient (Wildman–Crippen LogP) is 5.50. The quantitative estimate of drug-likeness (QED) is 0.206. The first-order valence-electron chi connectivity index (χ1n) is 13.0. The standard InChI is InChI=1S/C30H37F3N6O2/c1-18(2)38(5)15-23-9-24(12-26(20(23)4)30(32,33)17-31)37-29(40)21-8-7-19(3)28(11-21)39(35)16-27(34)22-10-25(41-6)14-36-13-22/h7-14,16,18H,15,17,34-35H2,1-6H3,(H,37,40)/b27-16-. The monoisotopic (exact) mass is 570 g/mol. The van der Waals surface area contributed by atoms with Gasteiger partial charge in [0.2, 0.25) is 0 Å². The number of benzene rings is 2. The molecule has 1 aromatic heterocycles. The zero-order valence-corrected chi connectivity index (χ0v) is 24.1. The van der Waals surface area contributed by atoms with Crippen molar-refractivity contribution < 1.29 is 22.7 Å². The molecule has 2 aromatic carbocycles. The summed E-state index contributed by atoms with van der Waals surface area (Å²) in [5.74, 6) is 2.57. The minimum Gasteiger partial charge on any atom is -0.495 e. The van der Waals surface area contributed by atoms with Crippen LogP contribution in [-0.4, -0.2) is 42.7 Å². The Morgan fingerprint density at radius 3 is 2.49 bits per heavy atom. The molecule has 41 heavy (non-hydrogen) atoms. The van der Waals surface area contributed by atoms with E-state index in [1.54, 1.807) is 42.7 Å².